The van der Waals surface area contributed by atoms with Crippen molar-refractivity contribution in [2.24, 2.45) is 5.10 Å². The van der Waals surface area contributed by atoms with Crippen molar-refractivity contribution in [1.29, 1.82) is 0 Å². The monoisotopic (exact) mass is 411 g/mol. The molecule has 1 amide bonds. The van der Waals surface area contributed by atoms with E-state index in [4.69, 9.17) is 14.2 Å². The third-order valence-electron chi connectivity index (χ3n) is 3.78. The van der Waals surface area contributed by atoms with Crippen LogP contribution in [0.1, 0.15) is 11.1 Å². The number of amides is 1. The van der Waals surface area contributed by atoms with Gasteiger partial charge in [-0.3, -0.25) is 4.79 Å². The van der Waals surface area contributed by atoms with E-state index in [1.54, 1.807) is 12.1 Å². The van der Waals surface area contributed by atoms with Crippen molar-refractivity contribution in [1.82, 2.24) is 5.43 Å². The summed E-state index contributed by atoms with van der Waals surface area (Å²) in [5.74, 6) is 0.804. The van der Waals surface area contributed by atoms with Crippen molar-refractivity contribution in [3.05, 3.63) is 47.5 Å². The lowest BCUT2D eigenvalue weighted by Gasteiger charge is -2.12. The lowest BCUT2D eigenvalue weighted by molar-refractivity contribution is -0.137. The highest BCUT2D eigenvalue weighted by molar-refractivity contribution is 5.89. The molecular weight excluding hydrogens is 391 g/mol. The van der Waals surface area contributed by atoms with Crippen LogP contribution in [0, 0.1) is 0 Å². The van der Waals surface area contributed by atoms with E-state index in [9.17, 15) is 18.0 Å². The van der Waals surface area contributed by atoms with Crippen LogP contribution in [0.2, 0.25) is 0 Å². The molecule has 7 nitrogen and oxygen atoms in total. The van der Waals surface area contributed by atoms with Gasteiger partial charge < -0.3 is 19.5 Å². The zero-order chi connectivity index (χ0) is 21.4. The second kappa shape index (κ2) is 9.67. The first-order valence-electron chi connectivity index (χ1n) is 8.31. The average molecular weight is 411 g/mol. The third kappa shape index (κ3) is 6.03. The Morgan fingerprint density at radius 3 is 2.28 bits per heavy atom. The lowest BCUT2D eigenvalue weighted by Crippen LogP contribution is -2.26. The summed E-state index contributed by atoms with van der Waals surface area (Å²) in [4.78, 5) is 11.9. The van der Waals surface area contributed by atoms with Gasteiger partial charge in [0.2, 0.25) is 0 Å². The maximum Gasteiger partial charge on any atom is 0.416 e. The molecule has 0 aliphatic rings. The molecule has 0 radical (unpaired) electrons. The maximum atomic E-state index is 12.7. The third-order valence-corrected chi connectivity index (χ3v) is 3.78. The number of rotatable bonds is 8. The summed E-state index contributed by atoms with van der Waals surface area (Å²) < 4.78 is 53.8. The summed E-state index contributed by atoms with van der Waals surface area (Å²) in [6, 6.07) is 7.80. The van der Waals surface area contributed by atoms with Crippen molar-refractivity contribution in [3.8, 4) is 17.2 Å². The number of hydrogen-bond donors (Lipinski definition) is 2. The number of carbonyl (C=O) groups excluding carboxylic acids is 1. The molecule has 2 aromatic rings. The molecule has 10 heteroatoms. The minimum atomic E-state index is -4.46. The van der Waals surface area contributed by atoms with Crippen molar-refractivity contribution in [3.63, 3.8) is 0 Å². The molecule has 0 saturated heterocycles. The highest BCUT2D eigenvalue weighted by atomic mass is 19.4. The molecular formula is C19H20F3N3O4. The number of alkyl halides is 3. The van der Waals surface area contributed by atoms with Crippen LogP contribution < -0.4 is 25.0 Å². The number of nitrogens with one attached hydrogen (secondary N) is 2. The van der Waals surface area contributed by atoms with Gasteiger partial charge in [0.1, 0.15) is 17.2 Å². The zero-order valence-corrected chi connectivity index (χ0v) is 16.0. The van der Waals surface area contributed by atoms with E-state index in [-0.39, 0.29) is 12.2 Å². The summed E-state index contributed by atoms with van der Waals surface area (Å²) in [6.45, 7) is -0.268. The molecule has 2 rings (SSSR count). The first-order chi connectivity index (χ1) is 13.8. The van der Waals surface area contributed by atoms with E-state index >= 15 is 0 Å². The Labute approximate surface area is 165 Å². The number of anilines is 1. The minimum absolute atomic E-state index is 0.164. The van der Waals surface area contributed by atoms with Gasteiger partial charge in [0.25, 0.3) is 5.91 Å². The average Bonchev–Trinajstić information content (AvgIpc) is 2.71. The largest absolute Gasteiger partial charge is 0.496 e. The topological polar surface area (TPSA) is 81.2 Å². The van der Waals surface area contributed by atoms with Gasteiger partial charge >= 0.3 is 6.18 Å². The molecule has 0 spiro atoms. The standard InChI is InChI=1S/C19H20F3N3O4/c1-27-14-8-16(28-2)15(17(9-14)29-3)10-24-25-18(26)11-23-13-6-4-5-12(7-13)19(20,21)22/h4-10,23H,11H2,1-3H3,(H,25,26)/b24-10-. The molecule has 156 valence electrons. The van der Waals surface area contributed by atoms with Gasteiger partial charge in [0, 0.05) is 17.8 Å². The molecule has 29 heavy (non-hydrogen) atoms. The lowest BCUT2D eigenvalue weighted by atomic mass is 10.2. The Hall–Kier alpha value is -3.43. The number of methoxy groups -OCH3 is 3. The molecule has 2 N–H and O–H groups in total. The Kier molecular flexibility index (Phi) is 7.29. The smallest absolute Gasteiger partial charge is 0.416 e. The fourth-order valence-electron chi connectivity index (χ4n) is 2.36. The molecule has 0 bridgehead atoms. The van der Waals surface area contributed by atoms with Gasteiger partial charge in [-0.25, -0.2) is 5.43 Å². The Morgan fingerprint density at radius 1 is 1.07 bits per heavy atom. The van der Waals surface area contributed by atoms with Gasteiger partial charge in [0.05, 0.1) is 45.2 Å². The van der Waals surface area contributed by atoms with E-state index in [1.165, 1.54) is 39.7 Å². The number of carbonyl (C=O) groups is 1. The fraction of sp³-hybridized carbons (Fsp3) is 0.263. The van der Waals surface area contributed by atoms with Gasteiger partial charge in [-0.05, 0) is 18.2 Å². The second-order valence-corrected chi connectivity index (χ2v) is 5.67. The van der Waals surface area contributed by atoms with Crippen LogP contribution in [-0.4, -0.2) is 40.0 Å². The number of hydrogen-bond acceptors (Lipinski definition) is 6. The quantitative estimate of drug-likeness (QED) is 0.515. The van der Waals surface area contributed by atoms with Crippen LogP contribution in [0.4, 0.5) is 18.9 Å². The zero-order valence-electron chi connectivity index (χ0n) is 16.0. The number of nitrogens with zero attached hydrogens (tertiary/aromatic N) is 1. The van der Waals surface area contributed by atoms with Crippen LogP contribution in [0.25, 0.3) is 0 Å². The van der Waals surface area contributed by atoms with Crippen molar-refractivity contribution in [2.45, 2.75) is 6.18 Å². The van der Waals surface area contributed by atoms with Crippen LogP contribution in [0.3, 0.4) is 0 Å². The Balaban J connectivity index is 2.00. The number of halogens is 3. The number of hydrazone groups is 1. The summed E-state index contributed by atoms with van der Waals surface area (Å²) in [5.41, 5.74) is 2.11. The molecule has 0 aromatic heterocycles. The van der Waals surface area contributed by atoms with Gasteiger partial charge in [-0.15, -0.1) is 0 Å². The van der Waals surface area contributed by atoms with E-state index < -0.39 is 17.6 Å². The summed E-state index contributed by atoms with van der Waals surface area (Å²) in [7, 11) is 4.42. The van der Waals surface area contributed by atoms with E-state index in [0.717, 1.165) is 12.1 Å². The molecule has 2 aromatic carbocycles. The van der Waals surface area contributed by atoms with E-state index in [1.807, 2.05) is 0 Å². The molecule has 0 unspecified atom stereocenters. The van der Waals surface area contributed by atoms with Crippen molar-refractivity contribution < 1.29 is 32.2 Å². The predicted molar refractivity (Wildman–Crippen MR) is 102 cm³/mol. The second-order valence-electron chi connectivity index (χ2n) is 5.67. The fourth-order valence-corrected chi connectivity index (χ4v) is 2.36. The predicted octanol–water partition coefficient (Wildman–Crippen LogP) is 3.29. The van der Waals surface area contributed by atoms with Crippen LogP contribution in [0.15, 0.2) is 41.5 Å². The molecule has 0 aliphatic carbocycles. The molecule has 0 fully saturated rings. The van der Waals surface area contributed by atoms with Crippen LogP contribution >= 0.6 is 0 Å². The molecule has 0 heterocycles. The molecule has 0 atom stereocenters. The minimum Gasteiger partial charge on any atom is -0.496 e. The first-order valence-corrected chi connectivity index (χ1v) is 8.31. The van der Waals surface area contributed by atoms with Crippen LogP contribution in [-0.2, 0) is 11.0 Å². The first kappa shape index (κ1) is 21.9. The Morgan fingerprint density at radius 2 is 1.72 bits per heavy atom. The highest BCUT2D eigenvalue weighted by Gasteiger charge is 2.30. The van der Waals surface area contributed by atoms with Crippen molar-refractivity contribution in [2.75, 3.05) is 33.2 Å². The summed E-state index contributed by atoms with van der Waals surface area (Å²) >= 11 is 0. The number of ether oxygens (including phenoxy) is 3. The summed E-state index contributed by atoms with van der Waals surface area (Å²) in [6.07, 6.45) is -3.12. The molecule has 0 saturated carbocycles. The van der Waals surface area contributed by atoms with E-state index in [2.05, 4.69) is 15.8 Å². The number of benzene rings is 2. The van der Waals surface area contributed by atoms with Gasteiger partial charge in [0.15, 0.2) is 0 Å². The van der Waals surface area contributed by atoms with Crippen molar-refractivity contribution >= 4 is 17.8 Å². The van der Waals surface area contributed by atoms with E-state index in [0.29, 0.717) is 22.8 Å². The SMILES string of the molecule is COc1cc(OC)c(/C=N\NC(=O)CNc2cccc(C(F)(F)F)c2)c(OC)c1. The molecule has 0 aliphatic heterocycles. The van der Waals surface area contributed by atoms with Gasteiger partial charge in [-0.1, -0.05) is 6.07 Å². The maximum absolute atomic E-state index is 12.7. The highest BCUT2D eigenvalue weighted by Crippen LogP contribution is 2.32. The summed E-state index contributed by atoms with van der Waals surface area (Å²) in [5, 5.41) is 6.45. The Bertz CT molecular complexity index is 860. The normalized spacial score (nSPS) is 11.2. The van der Waals surface area contributed by atoms with Crippen LogP contribution in [0.5, 0.6) is 17.2 Å². The van der Waals surface area contributed by atoms with Gasteiger partial charge in [-0.2, -0.15) is 18.3 Å².